The van der Waals surface area contributed by atoms with Crippen molar-refractivity contribution in [1.29, 1.82) is 0 Å². The van der Waals surface area contributed by atoms with E-state index >= 15 is 0 Å². The molecule has 0 N–H and O–H groups in total. The van der Waals surface area contributed by atoms with E-state index in [0.717, 1.165) is 28.4 Å². The van der Waals surface area contributed by atoms with E-state index in [9.17, 15) is 0 Å². The van der Waals surface area contributed by atoms with Gasteiger partial charge in [0.05, 0.1) is 18.3 Å². The van der Waals surface area contributed by atoms with Crippen LogP contribution in [0.5, 0.6) is 17.2 Å². The monoisotopic (exact) mass is 354 g/mol. The summed E-state index contributed by atoms with van der Waals surface area (Å²) in [5.41, 5.74) is 2.16. The second kappa shape index (κ2) is 9.33. The zero-order valence-electron chi connectivity index (χ0n) is 16.7. The van der Waals surface area contributed by atoms with Crippen molar-refractivity contribution in [3.05, 3.63) is 53.6 Å². The molecule has 2 aromatic rings. The molecule has 0 bridgehead atoms. The van der Waals surface area contributed by atoms with Gasteiger partial charge in [0.25, 0.3) is 0 Å². The van der Waals surface area contributed by atoms with Crippen molar-refractivity contribution in [2.24, 2.45) is 0 Å². The molecule has 0 spiro atoms. The van der Waals surface area contributed by atoms with Crippen LogP contribution in [0.2, 0.25) is 0 Å². The zero-order valence-corrected chi connectivity index (χ0v) is 16.7. The summed E-state index contributed by atoms with van der Waals surface area (Å²) in [4.78, 5) is 0. The Labute approximate surface area is 157 Å². The molecule has 0 aliphatic carbocycles. The standard InChI is InChI=1S/C23H30O3/c1-16(2)24-21-11-9-19(10-12-21)7-8-20-13-22(25-17(3)4)15-23(14-20)26-18(5)6/h7-18H,1-6H3/b8-7-. The first-order valence-electron chi connectivity index (χ1n) is 9.25. The van der Waals surface area contributed by atoms with Crippen LogP contribution in [0.25, 0.3) is 12.2 Å². The van der Waals surface area contributed by atoms with Gasteiger partial charge in [-0.25, -0.2) is 0 Å². The Morgan fingerprint density at radius 3 is 1.42 bits per heavy atom. The van der Waals surface area contributed by atoms with Gasteiger partial charge in [-0.3, -0.25) is 0 Å². The van der Waals surface area contributed by atoms with Crippen molar-refractivity contribution in [2.75, 3.05) is 0 Å². The van der Waals surface area contributed by atoms with Crippen molar-refractivity contribution in [3.8, 4) is 17.2 Å². The molecule has 0 aromatic heterocycles. The van der Waals surface area contributed by atoms with E-state index in [1.165, 1.54) is 0 Å². The minimum absolute atomic E-state index is 0.120. The normalized spacial score (nSPS) is 11.6. The van der Waals surface area contributed by atoms with Crippen LogP contribution in [0.1, 0.15) is 52.7 Å². The minimum Gasteiger partial charge on any atom is -0.491 e. The van der Waals surface area contributed by atoms with Gasteiger partial charge in [0.15, 0.2) is 0 Å². The predicted octanol–water partition coefficient (Wildman–Crippen LogP) is 6.22. The van der Waals surface area contributed by atoms with Gasteiger partial charge in [0.2, 0.25) is 0 Å². The van der Waals surface area contributed by atoms with Gasteiger partial charge < -0.3 is 14.2 Å². The second-order valence-electron chi connectivity index (χ2n) is 7.14. The molecule has 0 atom stereocenters. The Balaban J connectivity index is 2.19. The second-order valence-corrected chi connectivity index (χ2v) is 7.14. The van der Waals surface area contributed by atoms with E-state index in [-0.39, 0.29) is 18.3 Å². The summed E-state index contributed by atoms with van der Waals surface area (Å²) < 4.78 is 17.4. The molecule has 0 amide bonds. The third kappa shape index (κ3) is 6.83. The molecule has 0 fully saturated rings. The van der Waals surface area contributed by atoms with Crippen molar-refractivity contribution in [2.45, 2.75) is 59.9 Å². The molecular formula is C23H30O3. The maximum absolute atomic E-state index is 5.85. The van der Waals surface area contributed by atoms with Gasteiger partial charge in [-0.2, -0.15) is 0 Å². The summed E-state index contributed by atoms with van der Waals surface area (Å²) in [6.07, 6.45) is 4.56. The van der Waals surface area contributed by atoms with E-state index in [2.05, 4.69) is 12.2 Å². The fourth-order valence-electron chi connectivity index (χ4n) is 2.49. The van der Waals surface area contributed by atoms with Crippen LogP contribution in [-0.2, 0) is 0 Å². The first-order chi connectivity index (χ1) is 12.3. The Morgan fingerprint density at radius 1 is 0.538 bits per heavy atom. The van der Waals surface area contributed by atoms with E-state index < -0.39 is 0 Å². The van der Waals surface area contributed by atoms with Crippen LogP contribution in [-0.4, -0.2) is 18.3 Å². The van der Waals surface area contributed by atoms with Crippen molar-refractivity contribution in [3.63, 3.8) is 0 Å². The average molecular weight is 354 g/mol. The lowest BCUT2D eigenvalue weighted by Gasteiger charge is -2.15. The van der Waals surface area contributed by atoms with E-state index in [1.54, 1.807) is 0 Å². The summed E-state index contributed by atoms with van der Waals surface area (Å²) in [6, 6.07) is 14.1. The summed E-state index contributed by atoms with van der Waals surface area (Å²) in [5, 5.41) is 0. The van der Waals surface area contributed by atoms with Gasteiger partial charge in [-0.05, 0) is 76.9 Å². The Kier molecular flexibility index (Phi) is 7.14. The molecule has 3 heteroatoms. The Bertz CT molecular complexity index is 684. The SMILES string of the molecule is CC(C)Oc1ccc(/C=C\c2cc(OC(C)C)cc(OC(C)C)c2)cc1. The topological polar surface area (TPSA) is 27.7 Å². The van der Waals surface area contributed by atoms with Gasteiger partial charge in [0.1, 0.15) is 17.2 Å². The highest BCUT2D eigenvalue weighted by molar-refractivity contribution is 5.71. The fourth-order valence-corrected chi connectivity index (χ4v) is 2.49. The van der Waals surface area contributed by atoms with Gasteiger partial charge in [0, 0.05) is 6.07 Å². The van der Waals surface area contributed by atoms with Crippen LogP contribution in [0, 0.1) is 0 Å². The number of ether oxygens (including phenoxy) is 3. The molecule has 0 radical (unpaired) electrons. The molecule has 2 rings (SSSR count). The maximum atomic E-state index is 5.85. The van der Waals surface area contributed by atoms with Crippen LogP contribution < -0.4 is 14.2 Å². The van der Waals surface area contributed by atoms with Crippen molar-refractivity contribution >= 4 is 12.2 Å². The predicted molar refractivity (Wildman–Crippen MR) is 109 cm³/mol. The van der Waals surface area contributed by atoms with Crippen molar-refractivity contribution < 1.29 is 14.2 Å². The summed E-state index contributed by atoms with van der Waals surface area (Å²) in [7, 11) is 0. The molecule has 140 valence electrons. The molecule has 0 aliphatic rings. The Morgan fingerprint density at radius 2 is 0.962 bits per heavy atom. The summed E-state index contributed by atoms with van der Waals surface area (Å²) >= 11 is 0. The lowest BCUT2D eigenvalue weighted by Crippen LogP contribution is -2.08. The third-order valence-electron chi connectivity index (χ3n) is 3.37. The molecular weight excluding hydrogens is 324 g/mol. The third-order valence-corrected chi connectivity index (χ3v) is 3.37. The molecule has 26 heavy (non-hydrogen) atoms. The van der Waals surface area contributed by atoms with E-state index in [1.807, 2.05) is 84.0 Å². The van der Waals surface area contributed by atoms with E-state index in [4.69, 9.17) is 14.2 Å². The molecule has 0 heterocycles. The van der Waals surface area contributed by atoms with E-state index in [0.29, 0.717) is 0 Å². The largest absolute Gasteiger partial charge is 0.491 e. The number of hydrogen-bond acceptors (Lipinski definition) is 3. The highest BCUT2D eigenvalue weighted by Crippen LogP contribution is 2.26. The maximum Gasteiger partial charge on any atom is 0.123 e. The summed E-state index contributed by atoms with van der Waals surface area (Å²) in [5.74, 6) is 2.52. The van der Waals surface area contributed by atoms with Crippen molar-refractivity contribution in [1.82, 2.24) is 0 Å². The molecule has 0 saturated heterocycles. The Hall–Kier alpha value is -2.42. The van der Waals surface area contributed by atoms with Gasteiger partial charge >= 0.3 is 0 Å². The molecule has 0 aliphatic heterocycles. The van der Waals surface area contributed by atoms with Gasteiger partial charge in [-0.15, -0.1) is 0 Å². The smallest absolute Gasteiger partial charge is 0.123 e. The average Bonchev–Trinajstić information content (AvgIpc) is 2.52. The highest BCUT2D eigenvalue weighted by Gasteiger charge is 2.05. The van der Waals surface area contributed by atoms with Gasteiger partial charge in [-0.1, -0.05) is 24.3 Å². The fraction of sp³-hybridized carbons (Fsp3) is 0.391. The zero-order chi connectivity index (χ0) is 19.1. The van der Waals surface area contributed by atoms with Crippen LogP contribution in [0.3, 0.4) is 0 Å². The lowest BCUT2D eigenvalue weighted by molar-refractivity contribution is 0.229. The highest BCUT2D eigenvalue weighted by atomic mass is 16.5. The summed E-state index contributed by atoms with van der Waals surface area (Å²) in [6.45, 7) is 12.1. The van der Waals surface area contributed by atoms with Crippen LogP contribution in [0.15, 0.2) is 42.5 Å². The first-order valence-corrected chi connectivity index (χ1v) is 9.25. The lowest BCUT2D eigenvalue weighted by atomic mass is 10.1. The molecule has 2 aromatic carbocycles. The first kappa shape index (κ1) is 19.9. The number of rotatable bonds is 8. The minimum atomic E-state index is 0.120. The quantitative estimate of drug-likeness (QED) is 0.527. The van der Waals surface area contributed by atoms with Crippen LogP contribution in [0.4, 0.5) is 0 Å². The number of hydrogen-bond donors (Lipinski definition) is 0. The van der Waals surface area contributed by atoms with Crippen LogP contribution >= 0.6 is 0 Å². The molecule has 3 nitrogen and oxygen atoms in total. The molecule has 0 saturated carbocycles. The molecule has 0 unspecified atom stereocenters. The number of benzene rings is 2.